The number of ether oxygens (including phenoxy) is 1. The van der Waals surface area contributed by atoms with Gasteiger partial charge in [0, 0.05) is 7.05 Å². The lowest BCUT2D eigenvalue weighted by atomic mass is 10.1. The minimum absolute atomic E-state index is 0.590. The molecule has 0 aliphatic heterocycles. The van der Waals surface area contributed by atoms with E-state index in [1.807, 2.05) is 13.2 Å². The van der Waals surface area contributed by atoms with Crippen LogP contribution in [0.4, 0.5) is 0 Å². The van der Waals surface area contributed by atoms with E-state index in [0.717, 1.165) is 5.75 Å². The van der Waals surface area contributed by atoms with E-state index in [-0.39, 0.29) is 0 Å². The molecule has 0 fully saturated rings. The second-order valence-electron chi connectivity index (χ2n) is 4.06. The van der Waals surface area contributed by atoms with Crippen molar-refractivity contribution in [2.45, 2.75) is 20.5 Å². The van der Waals surface area contributed by atoms with Crippen LogP contribution in [-0.4, -0.2) is 9.78 Å². The number of rotatable bonds is 3. The van der Waals surface area contributed by atoms with Gasteiger partial charge < -0.3 is 4.74 Å². The highest BCUT2D eigenvalue weighted by atomic mass is 16.5. The standard InChI is InChI=1S/C13H16N2O/c1-10-4-5-12(6-11(10)2)9-16-13-7-14-15(3)8-13/h4-8H,9H2,1-3H3. The molecule has 3 nitrogen and oxygen atoms in total. The van der Waals surface area contributed by atoms with Gasteiger partial charge in [-0.15, -0.1) is 0 Å². The van der Waals surface area contributed by atoms with Gasteiger partial charge in [0.1, 0.15) is 6.61 Å². The van der Waals surface area contributed by atoms with Crippen molar-refractivity contribution in [3.05, 3.63) is 47.3 Å². The van der Waals surface area contributed by atoms with Crippen molar-refractivity contribution in [3.63, 3.8) is 0 Å². The van der Waals surface area contributed by atoms with Crippen molar-refractivity contribution in [1.29, 1.82) is 0 Å². The van der Waals surface area contributed by atoms with Gasteiger partial charge >= 0.3 is 0 Å². The summed E-state index contributed by atoms with van der Waals surface area (Å²) in [6.45, 7) is 4.82. The van der Waals surface area contributed by atoms with E-state index in [4.69, 9.17) is 4.74 Å². The summed E-state index contributed by atoms with van der Waals surface area (Å²) in [5, 5.41) is 4.05. The Hall–Kier alpha value is -1.77. The summed E-state index contributed by atoms with van der Waals surface area (Å²) in [6, 6.07) is 6.38. The van der Waals surface area contributed by atoms with Gasteiger partial charge in [-0.2, -0.15) is 5.10 Å². The van der Waals surface area contributed by atoms with Crippen LogP contribution in [0.2, 0.25) is 0 Å². The first-order valence-corrected chi connectivity index (χ1v) is 5.33. The molecule has 0 atom stereocenters. The zero-order valence-electron chi connectivity index (χ0n) is 9.90. The van der Waals surface area contributed by atoms with Crippen molar-refractivity contribution < 1.29 is 4.74 Å². The highest BCUT2D eigenvalue weighted by Gasteiger charge is 1.99. The molecular formula is C13H16N2O. The molecule has 2 aromatic rings. The largest absolute Gasteiger partial charge is 0.486 e. The fraction of sp³-hybridized carbons (Fsp3) is 0.308. The topological polar surface area (TPSA) is 27.1 Å². The lowest BCUT2D eigenvalue weighted by Gasteiger charge is -2.06. The van der Waals surface area contributed by atoms with Crippen LogP contribution in [0.3, 0.4) is 0 Å². The minimum atomic E-state index is 0.590. The lowest BCUT2D eigenvalue weighted by Crippen LogP contribution is -1.95. The average Bonchev–Trinajstić information content (AvgIpc) is 2.66. The van der Waals surface area contributed by atoms with Crippen LogP contribution in [0.15, 0.2) is 30.6 Å². The fourth-order valence-electron chi connectivity index (χ4n) is 1.53. The normalized spacial score (nSPS) is 10.4. The summed E-state index contributed by atoms with van der Waals surface area (Å²) in [6.07, 6.45) is 3.59. The third kappa shape index (κ3) is 2.42. The lowest BCUT2D eigenvalue weighted by molar-refractivity contribution is 0.306. The molecule has 0 unspecified atom stereocenters. The van der Waals surface area contributed by atoms with Crippen molar-refractivity contribution in [2.24, 2.45) is 7.05 Å². The first-order valence-electron chi connectivity index (χ1n) is 5.33. The summed E-state index contributed by atoms with van der Waals surface area (Å²) < 4.78 is 7.36. The molecule has 0 saturated carbocycles. The number of aryl methyl sites for hydroxylation is 3. The van der Waals surface area contributed by atoms with Gasteiger partial charge in [0.2, 0.25) is 0 Å². The average molecular weight is 216 g/mol. The predicted octanol–water partition coefficient (Wildman–Crippen LogP) is 2.62. The maximum Gasteiger partial charge on any atom is 0.157 e. The summed E-state index contributed by atoms with van der Waals surface area (Å²) in [4.78, 5) is 0. The van der Waals surface area contributed by atoms with Gasteiger partial charge in [0.05, 0.1) is 12.4 Å². The van der Waals surface area contributed by atoms with Gasteiger partial charge in [0.25, 0.3) is 0 Å². The molecule has 0 spiro atoms. The Morgan fingerprint density at radius 1 is 1.25 bits per heavy atom. The Morgan fingerprint density at radius 2 is 2.06 bits per heavy atom. The first-order chi connectivity index (χ1) is 7.65. The Bertz CT molecular complexity index is 488. The van der Waals surface area contributed by atoms with Gasteiger partial charge in [-0.05, 0) is 30.5 Å². The number of aromatic nitrogens is 2. The van der Waals surface area contributed by atoms with Crippen LogP contribution in [-0.2, 0) is 13.7 Å². The summed E-state index contributed by atoms with van der Waals surface area (Å²) >= 11 is 0. The molecule has 0 saturated heterocycles. The summed E-state index contributed by atoms with van der Waals surface area (Å²) in [5.41, 5.74) is 3.80. The van der Waals surface area contributed by atoms with E-state index < -0.39 is 0 Å². The summed E-state index contributed by atoms with van der Waals surface area (Å²) in [5.74, 6) is 0.806. The summed E-state index contributed by atoms with van der Waals surface area (Å²) in [7, 11) is 1.88. The number of hydrogen-bond acceptors (Lipinski definition) is 2. The molecule has 0 aliphatic carbocycles. The second-order valence-corrected chi connectivity index (χ2v) is 4.06. The molecular weight excluding hydrogens is 200 g/mol. The van der Waals surface area contributed by atoms with Gasteiger partial charge in [-0.3, -0.25) is 4.68 Å². The van der Waals surface area contributed by atoms with Crippen molar-refractivity contribution in [2.75, 3.05) is 0 Å². The molecule has 16 heavy (non-hydrogen) atoms. The van der Waals surface area contributed by atoms with Gasteiger partial charge in [-0.25, -0.2) is 0 Å². The monoisotopic (exact) mass is 216 g/mol. The molecule has 1 heterocycles. The maximum atomic E-state index is 5.62. The predicted molar refractivity (Wildman–Crippen MR) is 63.5 cm³/mol. The molecule has 2 rings (SSSR count). The SMILES string of the molecule is Cc1ccc(COc2cnn(C)c2)cc1C. The van der Waals surface area contributed by atoms with Gasteiger partial charge in [0.15, 0.2) is 5.75 Å². The molecule has 0 amide bonds. The van der Waals surface area contributed by atoms with Crippen LogP contribution in [0.1, 0.15) is 16.7 Å². The van der Waals surface area contributed by atoms with Crippen LogP contribution in [0, 0.1) is 13.8 Å². The first kappa shape index (κ1) is 10.7. The Morgan fingerprint density at radius 3 is 2.69 bits per heavy atom. The van der Waals surface area contributed by atoms with Crippen molar-refractivity contribution >= 4 is 0 Å². The highest BCUT2D eigenvalue weighted by Crippen LogP contribution is 2.13. The molecule has 0 N–H and O–H groups in total. The second kappa shape index (κ2) is 4.39. The smallest absolute Gasteiger partial charge is 0.157 e. The Balaban J connectivity index is 2.02. The third-order valence-corrected chi connectivity index (χ3v) is 2.66. The van der Waals surface area contributed by atoms with E-state index in [0.29, 0.717) is 6.61 Å². The molecule has 0 radical (unpaired) electrons. The van der Waals surface area contributed by atoms with Crippen molar-refractivity contribution in [1.82, 2.24) is 9.78 Å². The number of hydrogen-bond donors (Lipinski definition) is 0. The van der Waals surface area contributed by atoms with E-state index in [1.165, 1.54) is 16.7 Å². The van der Waals surface area contributed by atoms with Crippen LogP contribution >= 0.6 is 0 Å². The van der Waals surface area contributed by atoms with Crippen molar-refractivity contribution in [3.8, 4) is 5.75 Å². The van der Waals surface area contributed by atoms with E-state index in [1.54, 1.807) is 10.9 Å². The highest BCUT2D eigenvalue weighted by molar-refractivity contribution is 5.29. The third-order valence-electron chi connectivity index (χ3n) is 2.66. The molecule has 1 aromatic carbocycles. The molecule has 0 bridgehead atoms. The minimum Gasteiger partial charge on any atom is -0.486 e. The molecule has 3 heteroatoms. The van der Waals surface area contributed by atoms with E-state index >= 15 is 0 Å². The van der Waals surface area contributed by atoms with Crippen LogP contribution in [0.25, 0.3) is 0 Å². The number of nitrogens with zero attached hydrogens (tertiary/aromatic N) is 2. The zero-order valence-corrected chi connectivity index (χ0v) is 9.90. The van der Waals surface area contributed by atoms with Gasteiger partial charge in [-0.1, -0.05) is 18.2 Å². The van der Waals surface area contributed by atoms with E-state index in [9.17, 15) is 0 Å². The molecule has 1 aromatic heterocycles. The Kier molecular flexibility index (Phi) is 2.95. The molecule has 0 aliphatic rings. The zero-order chi connectivity index (χ0) is 11.5. The fourth-order valence-corrected chi connectivity index (χ4v) is 1.53. The number of benzene rings is 1. The van der Waals surface area contributed by atoms with Crippen LogP contribution < -0.4 is 4.74 Å². The van der Waals surface area contributed by atoms with Crippen LogP contribution in [0.5, 0.6) is 5.75 Å². The quantitative estimate of drug-likeness (QED) is 0.788. The van der Waals surface area contributed by atoms with E-state index in [2.05, 4.69) is 37.1 Å². The maximum absolute atomic E-state index is 5.62. The molecule has 84 valence electrons. The Labute approximate surface area is 95.7 Å².